The Morgan fingerprint density at radius 3 is 2.69 bits per heavy atom. The molecule has 0 radical (unpaired) electrons. The van der Waals surface area contributed by atoms with Crippen LogP contribution in [0.4, 0.5) is 0 Å². The van der Waals surface area contributed by atoms with Gasteiger partial charge in [0.05, 0.1) is 5.75 Å². The van der Waals surface area contributed by atoms with E-state index in [1.807, 2.05) is 6.07 Å². The summed E-state index contributed by atoms with van der Waals surface area (Å²) >= 11 is 6.30. The minimum absolute atomic E-state index is 0.0335. The number of benzene rings is 1. The molecule has 0 bridgehead atoms. The van der Waals surface area contributed by atoms with E-state index in [9.17, 15) is 14.4 Å². The summed E-state index contributed by atoms with van der Waals surface area (Å²) in [6.07, 6.45) is 4.59. The van der Waals surface area contributed by atoms with Crippen molar-refractivity contribution in [2.75, 3.05) is 12.3 Å². The number of Topliss-reactive ketones (excluding diaryl/α,β-unsaturated/α-hetero) is 1. The lowest BCUT2D eigenvalue weighted by Crippen LogP contribution is -2.53. The van der Waals surface area contributed by atoms with Gasteiger partial charge in [-0.2, -0.15) is 0 Å². The van der Waals surface area contributed by atoms with Gasteiger partial charge in [-0.1, -0.05) is 54.2 Å². The van der Waals surface area contributed by atoms with Gasteiger partial charge in [0.15, 0.2) is 10.9 Å². The number of thiocarbonyl (C=S) groups is 1. The van der Waals surface area contributed by atoms with Crippen LogP contribution in [0.3, 0.4) is 0 Å². The predicted octanol–water partition coefficient (Wildman–Crippen LogP) is 2.87. The number of hydrogen-bond acceptors (Lipinski definition) is 6. The molecule has 1 aliphatic rings. The van der Waals surface area contributed by atoms with Gasteiger partial charge in [0, 0.05) is 23.9 Å². The molecular weight excluding hydrogens is 406 g/mol. The highest BCUT2D eigenvalue weighted by Crippen LogP contribution is 2.24. The second kappa shape index (κ2) is 9.40. The molecule has 2 aromatic rings. The van der Waals surface area contributed by atoms with Gasteiger partial charge >= 0.3 is 0 Å². The zero-order valence-corrected chi connectivity index (χ0v) is 17.0. The number of ketones is 1. The average molecular weight is 424 g/mol. The summed E-state index contributed by atoms with van der Waals surface area (Å²) in [6, 6.07) is 12.4. The molecule has 0 aliphatic carbocycles. The number of carbonyl (C=O) groups excluding carboxylic acids is 3. The predicted molar refractivity (Wildman–Crippen MR) is 116 cm³/mol. The molecule has 1 aromatic carbocycles. The van der Waals surface area contributed by atoms with E-state index in [0.29, 0.717) is 16.2 Å². The third kappa shape index (κ3) is 4.85. The van der Waals surface area contributed by atoms with E-state index in [4.69, 9.17) is 12.2 Å². The molecule has 6 nitrogen and oxygen atoms in total. The maximum absolute atomic E-state index is 12.7. The first-order chi connectivity index (χ1) is 14.0. The van der Waals surface area contributed by atoms with Crippen LogP contribution in [0.2, 0.25) is 0 Å². The molecule has 1 aromatic heterocycles. The van der Waals surface area contributed by atoms with Crippen LogP contribution in [0.5, 0.6) is 0 Å². The van der Waals surface area contributed by atoms with Gasteiger partial charge in [0.1, 0.15) is 10.6 Å². The van der Waals surface area contributed by atoms with Crippen LogP contribution in [0, 0.1) is 0 Å². The molecule has 3 rings (SSSR count). The number of amides is 2. The van der Waals surface area contributed by atoms with Gasteiger partial charge in [-0.25, -0.2) is 4.98 Å². The van der Waals surface area contributed by atoms with Crippen LogP contribution < -0.4 is 5.32 Å². The van der Waals surface area contributed by atoms with Crippen LogP contribution in [-0.2, 0) is 9.59 Å². The van der Waals surface area contributed by atoms with Gasteiger partial charge < -0.3 is 0 Å². The number of hydrogen-bond donors (Lipinski definition) is 1. The molecule has 146 valence electrons. The zero-order valence-electron chi connectivity index (χ0n) is 15.3. The van der Waals surface area contributed by atoms with Crippen molar-refractivity contribution in [3.05, 3.63) is 78.0 Å². The lowest BCUT2D eigenvalue weighted by atomic mass is 10.1. The number of carbonyl (C=O) groups is 3. The fraction of sp³-hybridized carbons (Fsp3) is 0.0952. The summed E-state index contributed by atoms with van der Waals surface area (Å²) in [7, 11) is 0. The van der Waals surface area contributed by atoms with Gasteiger partial charge in [0.2, 0.25) is 0 Å². The molecule has 0 spiro atoms. The Morgan fingerprint density at radius 2 is 1.97 bits per heavy atom. The van der Waals surface area contributed by atoms with Crippen molar-refractivity contribution in [2.45, 2.75) is 5.03 Å². The summed E-state index contributed by atoms with van der Waals surface area (Å²) in [4.78, 5) is 42.9. The fourth-order valence-corrected chi connectivity index (χ4v) is 3.73. The van der Waals surface area contributed by atoms with Crippen molar-refractivity contribution in [1.82, 2.24) is 15.2 Å². The van der Waals surface area contributed by atoms with Crippen molar-refractivity contribution >= 4 is 52.8 Å². The van der Waals surface area contributed by atoms with E-state index in [2.05, 4.69) is 16.9 Å². The SMILES string of the molecule is C=CCN1C(=O)C(=Cc2cccnc2SCC(=O)c2ccccc2)C(=O)NC1=S. The molecule has 8 heteroatoms. The zero-order chi connectivity index (χ0) is 20.8. The van der Waals surface area contributed by atoms with E-state index in [1.165, 1.54) is 28.8 Å². The van der Waals surface area contributed by atoms with Crippen LogP contribution in [0.1, 0.15) is 15.9 Å². The first-order valence-corrected chi connectivity index (χ1v) is 10.1. The van der Waals surface area contributed by atoms with Crippen molar-refractivity contribution in [3.8, 4) is 0 Å². The monoisotopic (exact) mass is 423 g/mol. The van der Waals surface area contributed by atoms with Crippen LogP contribution >= 0.6 is 24.0 Å². The number of thioether (sulfide) groups is 1. The standard InChI is InChI=1S/C21H17N3O3S2/c1-2-11-24-20(27)16(18(26)23-21(24)28)12-15-9-6-10-22-19(15)29-13-17(25)14-7-4-3-5-8-14/h2-10,12H,1,11,13H2,(H,23,26,28). The molecule has 0 saturated carbocycles. The molecule has 2 heterocycles. The molecule has 1 saturated heterocycles. The highest BCUT2D eigenvalue weighted by molar-refractivity contribution is 8.00. The van der Waals surface area contributed by atoms with Crippen LogP contribution in [-0.4, -0.2) is 44.9 Å². The molecule has 2 amide bonds. The number of nitrogens with zero attached hydrogens (tertiary/aromatic N) is 2. The quantitative estimate of drug-likeness (QED) is 0.184. The minimum Gasteiger partial charge on any atom is -0.298 e. The number of nitrogens with one attached hydrogen (secondary N) is 1. The highest BCUT2D eigenvalue weighted by atomic mass is 32.2. The average Bonchev–Trinajstić information content (AvgIpc) is 2.73. The van der Waals surface area contributed by atoms with Crippen molar-refractivity contribution in [3.63, 3.8) is 0 Å². The lowest BCUT2D eigenvalue weighted by molar-refractivity contribution is -0.128. The topological polar surface area (TPSA) is 79.4 Å². The third-order valence-electron chi connectivity index (χ3n) is 4.03. The minimum atomic E-state index is -0.569. The first kappa shape index (κ1) is 20.6. The Bertz CT molecular complexity index is 1020. The summed E-state index contributed by atoms with van der Waals surface area (Å²) in [6.45, 7) is 3.79. The van der Waals surface area contributed by atoms with Gasteiger partial charge in [-0.15, -0.1) is 6.58 Å². The van der Waals surface area contributed by atoms with Crippen LogP contribution in [0.25, 0.3) is 6.08 Å². The lowest BCUT2D eigenvalue weighted by Gasteiger charge is -2.27. The van der Waals surface area contributed by atoms with Crippen molar-refractivity contribution < 1.29 is 14.4 Å². The van der Waals surface area contributed by atoms with Gasteiger partial charge in [-0.05, 0) is 24.4 Å². The van der Waals surface area contributed by atoms with E-state index in [1.54, 1.807) is 42.6 Å². The Labute approximate surface area is 177 Å². The Balaban J connectivity index is 1.83. The summed E-state index contributed by atoms with van der Waals surface area (Å²) in [5.74, 6) is -0.919. The fourth-order valence-electron chi connectivity index (χ4n) is 2.62. The Hall–Kier alpha value is -3.10. The summed E-state index contributed by atoms with van der Waals surface area (Å²) in [5, 5.41) is 3.10. The van der Waals surface area contributed by atoms with Crippen molar-refractivity contribution in [2.24, 2.45) is 0 Å². The van der Waals surface area contributed by atoms with Crippen molar-refractivity contribution in [1.29, 1.82) is 0 Å². The number of aromatic nitrogens is 1. The van der Waals surface area contributed by atoms with E-state index < -0.39 is 11.8 Å². The highest BCUT2D eigenvalue weighted by Gasteiger charge is 2.32. The molecule has 1 N–H and O–H groups in total. The Morgan fingerprint density at radius 1 is 1.21 bits per heavy atom. The summed E-state index contributed by atoms with van der Waals surface area (Å²) in [5.41, 5.74) is 1.14. The summed E-state index contributed by atoms with van der Waals surface area (Å²) < 4.78 is 0. The molecule has 1 fully saturated rings. The van der Waals surface area contributed by atoms with Gasteiger partial charge in [0.25, 0.3) is 11.8 Å². The van der Waals surface area contributed by atoms with Crippen LogP contribution in [0.15, 0.2) is 71.9 Å². The number of pyridine rings is 1. The molecular formula is C21H17N3O3S2. The maximum Gasteiger partial charge on any atom is 0.265 e. The second-order valence-electron chi connectivity index (χ2n) is 6.00. The largest absolute Gasteiger partial charge is 0.298 e. The van der Waals surface area contributed by atoms with E-state index in [0.717, 1.165) is 0 Å². The molecule has 0 atom stereocenters. The molecule has 0 unspecified atom stereocenters. The number of rotatable bonds is 7. The maximum atomic E-state index is 12.7. The smallest absolute Gasteiger partial charge is 0.265 e. The molecule has 29 heavy (non-hydrogen) atoms. The van der Waals surface area contributed by atoms with E-state index >= 15 is 0 Å². The van der Waals surface area contributed by atoms with Gasteiger partial charge in [-0.3, -0.25) is 24.6 Å². The normalized spacial score (nSPS) is 15.4. The second-order valence-corrected chi connectivity index (χ2v) is 7.35. The first-order valence-electron chi connectivity index (χ1n) is 8.67. The third-order valence-corrected chi connectivity index (χ3v) is 5.38. The molecule has 1 aliphatic heterocycles. The van der Waals surface area contributed by atoms with E-state index in [-0.39, 0.29) is 28.8 Å². The Kier molecular flexibility index (Phi) is 6.69.